The summed E-state index contributed by atoms with van der Waals surface area (Å²) in [5.41, 5.74) is 0. The van der Waals surface area contributed by atoms with E-state index in [1.165, 1.54) is 16.4 Å². The van der Waals surface area contributed by atoms with Crippen LogP contribution in [0.4, 0.5) is 0 Å². The Bertz CT molecular complexity index is 491. The van der Waals surface area contributed by atoms with Crippen molar-refractivity contribution in [1.29, 1.82) is 0 Å². The number of rotatable bonds is 3. The van der Waals surface area contributed by atoms with Gasteiger partial charge in [-0.2, -0.15) is 4.31 Å². The lowest BCUT2D eigenvalue weighted by atomic mass is 10.2. The van der Waals surface area contributed by atoms with Gasteiger partial charge in [-0.3, -0.25) is 4.79 Å². The van der Waals surface area contributed by atoms with Gasteiger partial charge >= 0.3 is 0 Å². The molecular weight excluding hydrogens is 230 g/mol. The maximum atomic E-state index is 12.0. The van der Waals surface area contributed by atoms with Crippen molar-refractivity contribution < 1.29 is 17.6 Å². The molecule has 1 atom stereocenters. The molecule has 0 saturated carbocycles. The summed E-state index contributed by atoms with van der Waals surface area (Å²) in [5, 5.41) is -0.149. The highest BCUT2D eigenvalue weighted by Gasteiger charge is 2.32. The average Bonchev–Trinajstić information content (AvgIpc) is 2.85. The fourth-order valence-corrected chi connectivity index (χ4v) is 3.27. The Morgan fingerprint density at radius 1 is 1.50 bits per heavy atom. The monoisotopic (exact) mass is 243 g/mol. The zero-order valence-corrected chi connectivity index (χ0v) is 9.74. The number of furan rings is 1. The van der Waals surface area contributed by atoms with Crippen LogP contribution in [0.5, 0.6) is 0 Å². The number of sulfonamides is 1. The molecule has 16 heavy (non-hydrogen) atoms. The smallest absolute Gasteiger partial charge is 0.276 e. The number of nitrogens with zero attached hydrogens (tertiary/aromatic N) is 1. The van der Waals surface area contributed by atoms with Gasteiger partial charge in [-0.05, 0) is 24.5 Å². The second-order valence-electron chi connectivity index (χ2n) is 4.03. The summed E-state index contributed by atoms with van der Waals surface area (Å²) in [5.74, 6) is 0.404. The molecule has 0 aliphatic carbocycles. The third kappa shape index (κ3) is 1.90. The van der Waals surface area contributed by atoms with Crippen molar-refractivity contribution in [2.45, 2.75) is 18.4 Å². The number of hydrogen-bond donors (Lipinski definition) is 0. The van der Waals surface area contributed by atoms with Crippen LogP contribution in [0.1, 0.15) is 23.9 Å². The van der Waals surface area contributed by atoms with Gasteiger partial charge in [0.25, 0.3) is 10.0 Å². The minimum atomic E-state index is -3.55. The molecule has 0 bridgehead atoms. The molecule has 0 N–H and O–H groups in total. The molecule has 2 heterocycles. The van der Waals surface area contributed by atoms with Crippen molar-refractivity contribution in [3.63, 3.8) is 0 Å². The van der Waals surface area contributed by atoms with Crippen LogP contribution in [0.15, 0.2) is 21.6 Å². The summed E-state index contributed by atoms with van der Waals surface area (Å²) in [6, 6.07) is 2.68. The number of aldehydes is 1. The first kappa shape index (κ1) is 11.3. The van der Waals surface area contributed by atoms with E-state index in [0.717, 1.165) is 6.42 Å². The van der Waals surface area contributed by atoms with E-state index in [0.29, 0.717) is 25.3 Å². The topological polar surface area (TPSA) is 67.6 Å². The summed E-state index contributed by atoms with van der Waals surface area (Å²) in [6.07, 6.45) is 1.35. The summed E-state index contributed by atoms with van der Waals surface area (Å²) < 4.78 is 30.4. The molecule has 0 aromatic carbocycles. The van der Waals surface area contributed by atoms with Crippen LogP contribution < -0.4 is 0 Å². The maximum absolute atomic E-state index is 12.0. The minimum absolute atomic E-state index is 0.0332. The maximum Gasteiger partial charge on any atom is 0.276 e. The van der Waals surface area contributed by atoms with E-state index in [-0.39, 0.29) is 10.9 Å². The van der Waals surface area contributed by atoms with Gasteiger partial charge in [-0.25, -0.2) is 8.42 Å². The number of carbonyl (C=O) groups excluding carboxylic acids is 1. The van der Waals surface area contributed by atoms with Crippen LogP contribution in [-0.4, -0.2) is 32.1 Å². The molecule has 1 aromatic heterocycles. The average molecular weight is 243 g/mol. The molecule has 1 fully saturated rings. The third-order valence-corrected chi connectivity index (χ3v) is 4.44. The molecule has 1 aliphatic rings. The standard InChI is InChI=1S/C10H13NO4S/c1-8-4-5-11(6-8)16(13,14)10-3-2-9(7-12)15-10/h2-3,7-8H,4-6H2,1H3. The SMILES string of the molecule is CC1CCN(S(=O)(=O)c2ccc(C=O)o2)C1. The molecule has 1 aliphatic heterocycles. The zero-order chi connectivity index (χ0) is 11.8. The van der Waals surface area contributed by atoms with E-state index in [1.807, 2.05) is 6.92 Å². The Kier molecular flexibility index (Phi) is 2.86. The molecule has 0 radical (unpaired) electrons. The Labute approximate surface area is 94.1 Å². The van der Waals surface area contributed by atoms with Gasteiger partial charge in [-0.15, -0.1) is 0 Å². The van der Waals surface area contributed by atoms with Crippen LogP contribution in [0.3, 0.4) is 0 Å². The summed E-state index contributed by atoms with van der Waals surface area (Å²) >= 11 is 0. The second kappa shape index (κ2) is 4.03. The van der Waals surface area contributed by atoms with Crippen molar-refractivity contribution in [1.82, 2.24) is 4.31 Å². The van der Waals surface area contributed by atoms with Gasteiger partial charge in [0.2, 0.25) is 5.09 Å². The first-order chi connectivity index (χ1) is 7.54. The van der Waals surface area contributed by atoms with Gasteiger partial charge in [0.15, 0.2) is 12.0 Å². The first-order valence-corrected chi connectivity index (χ1v) is 6.53. The van der Waals surface area contributed by atoms with Gasteiger partial charge < -0.3 is 4.42 Å². The summed E-state index contributed by atoms with van der Waals surface area (Å²) in [4.78, 5) is 10.4. The van der Waals surface area contributed by atoms with Crippen molar-refractivity contribution >= 4 is 16.3 Å². The van der Waals surface area contributed by atoms with Crippen LogP contribution in [0, 0.1) is 5.92 Å². The zero-order valence-electron chi connectivity index (χ0n) is 8.92. The minimum Gasteiger partial charge on any atom is -0.440 e. The van der Waals surface area contributed by atoms with Crippen molar-refractivity contribution in [2.75, 3.05) is 13.1 Å². The van der Waals surface area contributed by atoms with Gasteiger partial charge in [0.1, 0.15) is 0 Å². The second-order valence-corrected chi connectivity index (χ2v) is 5.90. The molecule has 5 nitrogen and oxygen atoms in total. The van der Waals surface area contributed by atoms with E-state index in [2.05, 4.69) is 0 Å². The molecule has 6 heteroatoms. The highest BCUT2D eigenvalue weighted by atomic mass is 32.2. The van der Waals surface area contributed by atoms with Crippen molar-refractivity contribution in [2.24, 2.45) is 5.92 Å². The molecule has 2 rings (SSSR count). The molecule has 1 saturated heterocycles. The fourth-order valence-electron chi connectivity index (χ4n) is 1.78. The Morgan fingerprint density at radius 2 is 2.25 bits per heavy atom. The largest absolute Gasteiger partial charge is 0.440 e. The van der Waals surface area contributed by atoms with E-state index >= 15 is 0 Å². The lowest BCUT2D eigenvalue weighted by molar-refractivity contribution is 0.109. The molecule has 0 amide bonds. The normalized spacial score (nSPS) is 22.4. The van der Waals surface area contributed by atoms with E-state index in [4.69, 9.17) is 4.42 Å². The quantitative estimate of drug-likeness (QED) is 0.746. The molecule has 1 aromatic rings. The Morgan fingerprint density at radius 3 is 2.75 bits per heavy atom. The number of carbonyl (C=O) groups is 1. The van der Waals surface area contributed by atoms with Crippen LogP contribution in [-0.2, 0) is 10.0 Å². The van der Waals surface area contributed by atoms with Crippen LogP contribution in [0.2, 0.25) is 0 Å². The lowest BCUT2D eigenvalue weighted by Crippen LogP contribution is -2.28. The van der Waals surface area contributed by atoms with Gasteiger partial charge in [-0.1, -0.05) is 6.92 Å². The Hall–Kier alpha value is -1.14. The van der Waals surface area contributed by atoms with E-state index in [1.54, 1.807) is 0 Å². The lowest BCUT2D eigenvalue weighted by Gasteiger charge is -2.13. The third-order valence-electron chi connectivity index (χ3n) is 2.70. The van der Waals surface area contributed by atoms with E-state index < -0.39 is 10.0 Å². The van der Waals surface area contributed by atoms with Crippen LogP contribution in [0.25, 0.3) is 0 Å². The molecule has 1 unspecified atom stereocenters. The van der Waals surface area contributed by atoms with Gasteiger partial charge in [0, 0.05) is 13.1 Å². The van der Waals surface area contributed by atoms with Crippen LogP contribution >= 0.6 is 0 Å². The molecular formula is C10H13NO4S. The highest BCUT2D eigenvalue weighted by Crippen LogP contribution is 2.24. The highest BCUT2D eigenvalue weighted by molar-refractivity contribution is 7.89. The Balaban J connectivity index is 2.28. The molecule has 88 valence electrons. The van der Waals surface area contributed by atoms with Gasteiger partial charge in [0.05, 0.1) is 0 Å². The summed E-state index contributed by atoms with van der Waals surface area (Å²) in [6.45, 7) is 3.04. The fraction of sp³-hybridized carbons (Fsp3) is 0.500. The number of hydrogen-bond acceptors (Lipinski definition) is 4. The first-order valence-electron chi connectivity index (χ1n) is 5.09. The van der Waals surface area contributed by atoms with E-state index in [9.17, 15) is 13.2 Å². The van der Waals surface area contributed by atoms with Crippen molar-refractivity contribution in [3.8, 4) is 0 Å². The molecule has 0 spiro atoms. The van der Waals surface area contributed by atoms with Crippen molar-refractivity contribution in [3.05, 3.63) is 17.9 Å². The summed E-state index contributed by atoms with van der Waals surface area (Å²) in [7, 11) is -3.55. The predicted molar refractivity (Wildman–Crippen MR) is 56.6 cm³/mol. The predicted octanol–water partition coefficient (Wildman–Crippen LogP) is 1.12.